The molecule has 2 nitrogen and oxygen atoms in total. The minimum atomic E-state index is -0.427. The molecule has 0 radical (unpaired) electrons. The molecule has 2 atom stereocenters. The summed E-state index contributed by atoms with van der Waals surface area (Å²) in [7, 11) is 0. The molecule has 4 heteroatoms. The molecule has 19 heavy (non-hydrogen) atoms. The number of ether oxygens (including phenoxy) is 1. The standard InChI is InChI=1S/C15H21F2NO/c1-4-15(3)5-6-19-14(9-18-15)11-8-12(16)10(2)7-13(11)17/h7-8,14,18H,4-6,9H2,1-3H3. The monoisotopic (exact) mass is 269 g/mol. The maximum atomic E-state index is 13.9. The van der Waals surface area contributed by atoms with Gasteiger partial charge in [0.25, 0.3) is 0 Å². The molecule has 1 fully saturated rings. The highest BCUT2D eigenvalue weighted by Gasteiger charge is 2.29. The second kappa shape index (κ2) is 5.55. The van der Waals surface area contributed by atoms with Crippen LogP contribution < -0.4 is 5.32 Å². The first-order chi connectivity index (χ1) is 8.95. The van der Waals surface area contributed by atoms with E-state index < -0.39 is 11.9 Å². The van der Waals surface area contributed by atoms with Crippen LogP contribution in [0.5, 0.6) is 0 Å². The van der Waals surface area contributed by atoms with Crippen molar-refractivity contribution >= 4 is 0 Å². The van der Waals surface area contributed by atoms with Gasteiger partial charge in [-0.2, -0.15) is 0 Å². The van der Waals surface area contributed by atoms with Crippen molar-refractivity contribution in [2.45, 2.75) is 45.3 Å². The molecule has 0 aromatic heterocycles. The van der Waals surface area contributed by atoms with E-state index >= 15 is 0 Å². The van der Waals surface area contributed by atoms with Gasteiger partial charge in [-0.3, -0.25) is 0 Å². The summed E-state index contributed by atoms with van der Waals surface area (Å²) in [4.78, 5) is 0. The molecule has 2 unspecified atom stereocenters. The zero-order valence-corrected chi connectivity index (χ0v) is 11.7. The molecular formula is C15H21F2NO. The Bertz CT molecular complexity index is 464. The van der Waals surface area contributed by atoms with E-state index in [0.717, 1.165) is 12.8 Å². The maximum Gasteiger partial charge on any atom is 0.129 e. The number of aryl methyl sites for hydroxylation is 1. The number of hydrogen-bond acceptors (Lipinski definition) is 2. The predicted octanol–water partition coefficient (Wildman–Crippen LogP) is 3.49. The fourth-order valence-electron chi connectivity index (χ4n) is 2.32. The zero-order chi connectivity index (χ0) is 14.0. The Balaban J connectivity index is 2.21. The van der Waals surface area contributed by atoms with Crippen LogP contribution in [0.4, 0.5) is 8.78 Å². The molecule has 1 heterocycles. The molecule has 1 aromatic rings. The highest BCUT2D eigenvalue weighted by molar-refractivity contribution is 5.27. The Morgan fingerprint density at radius 2 is 2.11 bits per heavy atom. The first kappa shape index (κ1) is 14.4. The number of hydrogen-bond donors (Lipinski definition) is 1. The SMILES string of the molecule is CCC1(C)CCOC(c2cc(F)c(C)cc2F)CN1. The van der Waals surface area contributed by atoms with Gasteiger partial charge in [-0.25, -0.2) is 8.78 Å². The maximum absolute atomic E-state index is 13.9. The minimum absolute atomic E-state index is 0.00840. The van der Waals surface area contributed by atoms with Crippen molar-refractivity contribution in [3.05, 3.63) is 34.9 Å². The summed E-state index contributed by atoms with van der Waals surface area (Å²) in [5.74, 6) is -0.784. The van der Waals surface area contributed by atoms with Crippen LogP contribution in [0.1, 0.15) is 43.9 Å². The minimum Gasteiger partial charge on any atom is -0.372 e. The second-order valence-electron chi connectivity index (χ2n) is 5.53. The highest BCUT2D eigenvalue weighted by atomic mass is 19.1. The van der Waals surface area contributed by atoms with E-state index in [0.29, 0.717) is 24.3 Å². The molecule has 1 saturated heterocycles. The molecule has 1 aliphatic heterocycles. The quantitative estimate of drug-likeness (QED) is 0.887. The second-order valence-corrected chi connectivity index (χ2v) is 5.53. The van der Waals surface area contributed by atoms with E-state index in [9.17, 15) is 8.78 Å². The molecular weight excluding hydrogens is 248 g/mol. The fraction of sp³-hybridized carbons (Fsp3) is 0.600. The Morgan fingerprint density at radius 3 is 2.79 bits per heavy atom. The summed E-state index contributed by atoms with van der Waals surface area (Å²) in [5.41, 5.74) is 0.631. The molecule has 1 aliphatic rings. The van der Waals surface area contributed by atoms with E-state index in [1.165, 1.54) is 12.1 Å². The number of nitrogens with one attached hydrogen (secondary N) is 1. The topological polar surface area (TPSA) is 21.3 Å². The number of halogens is 2. The Hall–Kier alpha value is -1.00. The smallest absolute Gasteiger partial charge is 0.129 e. The average Bonchev–Trinajstić information content (AvgIpc) is 2.57. The van der Waals surface area contributed by atoms with Gasteiger partial charge in [-0.15, -0.1) is 0 Å². The van der Waals surface area contributed by atoms with Gasteiger partial charge < -0.3 is 10.1 Å². The van der Waals surface area contributed by atoms with Crippen molar-refractivity contribution < 1.29 is 13.5 Å². The molecule has 0 amide bonds. The molecule has 0 saturated carbocycles. The van der Waals surface area contributed by atoms with E-state index in [4.69, 9.17) is 4.74 Å². The number of benzene rings is 1. The van der Waals surface area contributed by atoms with Crippen molar-refractivity contribution in [2.24, 2.45) is 0 Å². The van der Waals surface area contributed by atoms with Gasteiger partial charge in [0.2, 0.25) is 0 Å². The van der Waals surface area contributed by atoms with Gasteiger partial charge in [-0.05, 0) is 44.4 Å². The fourth-order valence-corrected chi connectivity index (χ4v) is 2.32. The van der Waals surface area contributed by atoms with E-state index in [1.807, 2.05) is 0 Å². The predicted molar refractivity (Wildman–Crippen MR) is 71.1 cm³/mol. The molecule has 1 N–H and O–H groups in total. The summed E-state index contributed by atoms with van der Waals surface area (Å²) < 4.78 is 33.2. The van der Waals surface area contributed by atoms with Crippen molar-refractivity contribution in [3.63, 3.8) is 0 Å². The molecule has 2 rings (SSSR count). The molecule has 0 bridgehead atoms. The van der Waals surface area contributed by atoms with E-state index in [1.54, 1.807) is 6.92 Å². The average molecular weight is 269 g/mol. The van der Waals surface area contributed by atoms with E-state index in [-0.39, 0.29) is 11.4 Å². The first-order valence-corrected chi connectivity index (χ1v) is 6.77. The van der Waals surface area contributed by atoms with Gasteiger partial charge in [-0.1, -0.05) is 6.92 Å². The van der Waals surface area contributed by atoms with Gasteiger partial charge in [0.15, 0.2) is 0 Å². The third-order valence-electron chi connectivity index (χ3n) is 4.09. The van der Waals surface area contributed by atoms with Gasteiger partial charge in [0, 0.05) is 24.3 Å². The molecule has 1 aromatic carbocycles. The summed E-state index contributed by atoms with van der Waals surface area (Å²) in [6.07, 6.45) is 1.42. The van der Waals surface area contributed by atoms with Crippen LogP contribution >= 0.6 is 0 Å². The van der Waals surface area contributed by atoms with Gasteiger partial charge in [0.1, 0.15) is 11.6 Å². The van der Waals surface area contributed by atoms with Crippen molar-refractivity contribution in [1.29, 1.82) is 0 Å². The van der Waals surface area contributed by atoms with Crippen LogP contribution in [-0.4, -0.2) is 18.7 Å². The summed E-state index contributed by atoms with van der Waals surface area (Å²) in [5, 5.41) is 3.40. The van der Waals surface area contributed by atoms with Crippen LogP contribution in [0.25, 0.3) is 0 Å². The van der Waals surface area contributed by atoms with Gasteiger partial charge >= 0.3 is 0 Å². The van der Waals surface area contributed by atoms with Crippen LogP contribution in [0.2, 0.25) is 0 Å². The van der Waals surface area contributed by atoms with Crippen molar-refractivity contribution in [3.8, 4) is 0 Å². The van der Waals surface area contributed by atoms with Gasteiger partial charge in [0.05, 0.1) is 6.10 Å². The van der Waals surface area contributed by atoms with Crippen molar-refractivity contribution in [2.75, 3.05) is 13.2 Å². The summed E-state index contributed by atoms with van der Waals surface area (Å²) in [6.45, 7) is 6.85. The normalized spacial score (nSPS) is 28.2. The third-order valence-corrected chi connectivity index (χ3v) is 4.09. The lowest BCUT2D eigenvalue weighted by atomic mass is 9.95. The number of rotatable bonds is 2. The van der Waals surface area contributed by atoms with Crippen LogP contribution in [0, 0.1) is 18.6 Å². The van der Waals surface area contributed by atoms with Crippen LogP contribution in [-0.2, 0) is 4.74 Å². The third kappa shape index (κ3) is 3.12. The van der Waals surface area contributed by atoms with E-state index in [2.05, 4.69) is 19.2 Å². The van der Waals surface area contributed by atoms with Crippen LogP contribution in [0.15, 0.2) is 12.1 Å². The summed E-state index contributed by atoms with van der Waals surface area (Å²) in [6, 6.07) is 2.49. The molecule has 0 spiro atoms. The van der Waals surface area contributed by atoms with Crippen LogP contribution in [0.3, 0.4) is 0 Å². The lowest BCUT2D eigenvalue weighted by Gasteiger charge is -2.27. The Morgan fingerprint density at radius 1 is 1.37 bits per heavy atom. The summed E-state index contributed by atoms with van der Waals surface area (Å²) >= 11 is 0. The lowest BCUT2D eigenvalue weighted by Crippen LogP contribution is -2.42. The molecule has 106 valence electrons. The lowest BCUT2D eigenvalue weighted by molar-refractivity contribution is 0.0626. The first-order valence-electron chi connectivity index (χ1n) is 6.77. The van der Waals surface area contributed by atoms with Crippen molar-refractivity contribution in [1.82, 2.24) is 5.32 Å². The zero-order valence-electron chi connectivity index (χ0n) is 11.7. The Labute approximate surface area is 113 Å². The highest BCUT2D eigenvalue weighted by Crippen LogP contribution is 2.28. The molecule has 0 aliphatic carbocycles. The Kier molecular flexibility index (Phi) is 4.21. The largest absolute Gasteiger partial charge is 0.372 e.